The van der Waals surface area contributed by atoms with E-state index in [4.69, 9.17) is 17.3 Å². The highest BCUT2D eigenvalue weighted by Gasteiger charge is 2.34. The number of rotatable bonds is 2. The first-order valence-corrected chi connectivity index (χ1v) is 7.53. The van der Waals surface area contributed by atoms with Crippen LogP contribution in [-0.4, -0.2) is 41.5 Å². The molecule has 4 heteroatoms. The lowest BCUT2D eigenvalue weighted by Gasteiger charge is -2.42. The fourth-order valence-corrected chi connectivity index (χ4v) is 3.51. The van der Waals surface area contributed by atoms with Crippen molar-refractivity contribution in [3.63, 3.8) is 0 Å². The zero-order valence-corrected chi connectivity index (χ0v) is 12.2. The van der Waals surface area contributed by atoms with Gasteiger partial charge < -0.3 is 5.73 Å². The van der Waals surface area contributed by atoms with Gasteiger partial charge in [-0.2, -0.15) is 0 Å². The standard InChI is InChI=1S/C15H22ClN3/c1-11-8-18-6-2-3-13(18)10-19(11)9-12-4-5-14(16)15(17)7-12/h4-5,7,11,13H,2-3,6,8-10,17H2,1H3. The zero-order valence-electron chi connectivity index (χ0n) is 11.5. The summed E-state index contributed by atoms with van der Waals surface area (Å²) in [5.74, 6) is 0. The Morgan fingerprint density at radius 3 is 3.00 bits per heavy atom. The first-order chi connectivity index (χ1) is 9.13. The molecule has 0 amide bonds. The number of nitrogen functional groups attached to an aromatic ring is 1. The Kier molecular flexibility index (Phi) is 3.70. The summed E-state index contributed by atoms with van der Waals surface area (Å²) in [7, 11) is 0. The maximum absolute atomic E-state index is 5.98. The topological polar surface area (TPSA) is 32.5 Å². The quantitative estimate of drug-likeness (QED) is 0.845. The first kappa shape index (κ1) is 13.2. The number of hydrogen-bond donors (Lipinski definition) is 1. The van der Waals surface area contributed by atoms with Gasteiger partial charge in [-0.15, -0.1) is 0 Å². The van der Waals surface area contributed by atoms with Crippen LogP contribution in [0.5, 0.6) is 0 Å². The predicted octanol–water partition coefficient (Wildman–Crippen LogP) is 2.59. The van der Waals surface area contributed by atoms with Crippen LogP contribution in [0.15, 0.2) is 18.2 Å². The molecule has 1 aromatic rings. The van der Waals surface area contributed by atoms with Crippen LogP contribution < -0.4 is 5.73 Å². The number of piperazine rings is 1. The van der Waals surface area contributed by atoms with Crippen LogP contribution in [-0.2, 0) is 6.54 Å². The minimum absolute atomic E-state index is 0.617. The van der Waals surface area contributed by atoms with E-state index in [2.05, 4.69) is 22.8 Å². The molecule has 0 spiro atoms. The molecule has 2 N–H and O–H groups in total. The molecule has 0 aliphatic carbocycles. The molecule has 1 aromatic carbocycles. The molecule has 0 bridgehead atoms. The van der Waals surface area contributed by atoms with Crippen molar-refractivity contribution in [1.29, 1.82) is 0 Å². The highest BCUT2D eigenvalue weighted by molar-refractivity contribution is 6.33. The number of halogens is 1. The van der Waals surface area contributed by atoms with Gasteiger partial charge in [0.05, 0.1) is 10.7 Å². The number of fused-ring (bicyclic) bond motifs is 1. The number of nitrogens with zero attached hydrogens (tertiary/aromatic N) is 2. The molecular formula is C15H22ClN3. The molecule has 2 fully saturated rings. The summed E-state index contributed by atoms with van der Waals surface area (Å²) in [4.78, 5) is 5.23. The van der Waals surface area contributed by atoms with Gasteiger partial charge in [-0.25, -0.2) is 0 Å². The Hall–Kier alpha value is -0.770. The van der Waals surface area contributed by atoms with E-state index in [1.165, 1.54) is 38.0 Å². The molecule has 0 aromatic heterocycles. The highest BCUT2D eigenvalue weighted by atomic mass is 35.5. The first-order valence-electron chi connectivity index (χ1n) is 7.15. The van der Waals surface area contributed by atoms with Crippen molar-refractivity contribution in [2.75, 3.05) is 25.4 Å². The summed E-state index contributed by atoms with van der Waals surface area (Å²) in [5, 5.41) is 0.650. The third kappa shape index (κ3) is 2.73. The zero-order chi connectivity index (χ0) is 13.4. The number of benzene rings is 1. The Balaban J connectivity index is 1.70. The molecule has 2 unspecified atom stereocenters. The van der Waals surface area contributed by atoms with Crippen LogP contribution in [0.4, 0.5) is 5.69 Å². The molecule has 19 heavy (non-hydrogen) atoms. The van der Waals surface area contributed by atoms with E-state index in [0.29, 0.717) is 16.8 Å². The summed E-state index contributed by atoms with van der Waals surface area (Å²) in [6, 6.07) is 7.39. The lowest BCUT2D eigenvalue weighted by molar-refractivity contribution is 0.0540. The van der Waals surface area contributed by atoms with Crippen molar-refractivity contribution in [1.82, 2.24) is 9.80 Å². The van der Waals surface area contributed by atoms with Gasteiger partial charge in [0.1, 0.15) is 0 Å². The normalized spacial score (nSPS) is 28.5. The summed E-state index contributed by atoms with van der Waals surface area (Å²) in [6.07, 6.45) is 2.71. The lowest BCUT2D eigenvalue weighted by Crippen LogP contribution is -2.54. The average Bonchev–Trinajstić information content (AvgIpc) is 2.81. The molecule has 2 aliphatic heterocycles. The third-order valence-electron chi connectivity index (χ3n) is 4.51. The summed E-state index contributed by atoms with van der Waals surface area (Å²) >= 11 is 5.98. The number of hydrogen-bond acceptors (Lipinski definition) is 3. The van der Waals surface area contributed by atoms with Crippen molar-refractivity contribution in [2.24, 2.45) is 0 Å². The fourth-order valence-electron chi connectivity index (χ4n) is 3.39. The number of nitrogens with two attached hydrogens (primary N) is 1. The molecule has 2 saturated heterocycles. The Labute approximate surface area is 120 Å². The monoisotopic (exact) mass is 279 g/mol. The minimum atomic E-state index is 0.617. The van der Waals surface area contributed by atoms with E-state index in [9.17, 15) is 0 Å². The Morgan fingerprint density at radius 2 is 2.21 bits per heavy atom. The second kappa shape index (κ2) is 5.31. The summed E-state index contributed by atoms with van der Waals surface area (Å²) in [6.45, 7) is 6.98. The molecule has 2 aliphatic rings. The Bertz CT molecular complexity index is 463. The molecule has 3 rings (SSSR count). The van der Waals surface area contributed by atoms with Crippen LogP contribution >= 0.6 is 11.6 Å². The third-order valence-corrected chi connectivity index (χ3v) is 4.86. The molecule has 0 radical (unpaired) electrons. The van der Waals surface area contributed by atoms with Crippen LogP contribution in [0.1, 0.15) is 25.3 Å². The summed E-state index contributed by atoms with van der Waals surface area (Å²) < 4.78 is 0. The van der Waals surface area contributed by atoms with Gasteiger partial charge in [-0.3, -0.25) is 9.80 Å². The second-order valence-electron chi connectivity index (χ2n) is 5.93. The maximum Gasteiger partial charge on any atom is 0.0635 e. The van der Waals surface area contributed by atoms with Gasteiger partial charge >= 0.3 is 0 Å². The van der Waals surface area contributed by atoms with E-state index in [1.807, 2.05) is 12.1 Å². The molecule has 104 valence electrons. The maximum atomic E-state index is 5.98. The van der Waals surface area contributed by atoms with E-state index in [-0.39, 0.29) is 0 Å². The fraction of sp³-hybridized carbons (Fsp3) is 0.600. The molecule has 2 heterocycles. The summed E-state index contributed by atoms with van der Waals surface area (Å²) in [5.41, 5.74) is 7.84. The minimum Gasteiger partial charge on any atom is -0.398 e. The van der Waals surface area contributed by atoms with Gasteiger partial charge in [-0.1, -0.05) is 17.7 Å². The van der Waals surface area contributed by atoms with Crippen molar-refractivity contribution in [2.45, 2.75) is 38.4 Å². The largest absolute Gasteiger partial charge is 0.398 e. The van der Waals surface area contributed by atoms with Crippen LogP contribution in [0.25, 0.3) is 0 Å². The van der Waals surface area contributed by atoms with Crippen molar-refractivity contribution in [3.05, 3.63) is 28.8 Å². The Morgan fingerprint density at radius 1 is 1.37 bits per heavy atom. The van der Waals surface area contributed by atoms with Crippen LogP contribution in [0.3, 0.4) is 0 Å². The van der Waals surface area contributed by atoms with Gasteiger partial charge in [0.25, 0.3) is 0 Å². The van der Waals surface area contributed by atoms with Gasteiger partial charge in [0.2, 0.25) is 0 Å². The van der Waals surface area contributed by atoms with Crippen molar-refractivity contribution in [3.8, 4) is 0 Å². The van der Waals surface area contributed by atoms with Gasteiger partial charge in [0, 0.05) is 31.7 Å². The molecule has 0 saturated carbocycles. The van der Waals surface area contributed by atoms with Crippen molar-refractivity contribution < 1.29 is 0 Å². The van der Waals surface area contributed by atoms with Crippen LogP contribution in [0.2, 0.25) is 5.02 Å². The van der Waals surface area contributed by atoms with Crippen molar-refractivity contribution >= 4 is 17.3 Å². The number of anilines is 1. The molecule has 2 atom stereocenters. The smallest absolute Gasteiger partial charge is 0.0635 e. The van der Waals surface area contributed by atoms with E-state index >= 15 is 0 Å². The highest BCUT2D eigenvalue weighted by Crippen LogP contribution is 2.27. The van der Waals surface area contributed by atoms with Crippen LogP contribution in [0, 0.1) is 0 Å². The van der Waals surface area contributed by atoms with E-state index in [0.717, 1.165) is 12.6 Å². The molecule has 3 nitrogen and oxygen atoms in total. The van der Waals surface area contributed by atoms with E-state index in [1.54, 1.807) is 0 Å². The second-order valence-corrected chi connectivity index (χ2v) is 6.33. The molecular weight excluding hydrogens is 258 g/mol. The SMILES string of the molecule is CC1CN2CCCC2CN1Cc1ccc(Cl)c(N)c1. The van der Waals surface area contributed by atoms with E-state index < -0.39 is 0 Å². The van der Waals surface area contributed by atoms with Gasteiger partial charge in [0.15, 0.2) is 0 Å². The average molecular weight is 280 g/mol. The lowest BCUT2D eigenvalue weighted by atomic mass is 10.1. The van der Waals surface area contributed by atoms with Gasteiger partial charge in [-0.05, 0) is 44.0 Å². The predicted molar refractivity (Wildman–Crippen MR) is 80.3 cm³/mol.